The number of hydrogen-bond donors (Lipinski definition) is 0. The van der Waals surface area contributed by atoms with E-state index in [2.05, 4.69) is 39.8 Å². The summed E-state index contributed by atoms with van der Waals surface area (Å²) in [6, 6.07) is 0. The lowest BCUT2D eigenvalue weighted by molar-refractivity contribution is 0.272. The molecule has 0 heterocycles. The minimum absolute atomic E-state index is 0.158. The number of allylic oxidation sites excluding steroid dienone is 4. The van der Waals surface area contributed by atoms with Gasteiger partial charge in [0.15, 0.2) is 0 Å². The van der Waals surface area contributed by atoms with Crippen molar-refractivity contribution in [2.45, 2.75) is 52.8 Å². The van der Waals surface area contributed by atoms with E-state index in [9.17, 15) is 0 Å². The quantitative estimate of drug-likeness (QED) is 0.679. The van der Waals surface area contributed by atoms with Gasteiger partial charge in [0.1, 0.15) is 0 Å². The maximum Gasteiger partial charge on any atom is 0.463 e. The van der Waals surface area contributed by atoms with Crippen LogP contribution in [0.3, 0.4) is 0 Å². The van der Waals surface area contributed by atoms with Crippen LogP contribution in [0.15, 0.2) is 23.3 Å². The minimum Gasteiger partial charge on any atom is -0.414 e. The zero-order chi connectivity index (χ0) is 13.8. The molecule has 18 heavy (non-hydrogen) atoms. The van der Waals surface area contributed by atoms with Gasteiger partial charge in [-0.25, -0.2) is 0 Å². The molecule has 0 radical (unpaired) electrons. The monoisotopic (exact) mass is 250 g/mol. The molecule has 1 aliphatic carbocycles. The molecule has 0 saturated heterocycles. The van der Waals surface area contributed by atoms with Crippen LogP contribution in [0.5, 0.6) is 0 Å². The highest BCUT2D eigenvalue weighted by atomic mass is 16.6. The van der Waals surface area contributed by atoms with Crippen LogP contribution in [-0.2, 0) is 9.31 Å². The molecule has 102 valence electrons. The van der Waals surface area contributed by atoms with Gasteiger partial charge in [0.25, 0.3) is 0 Å². The van der Waals surface area contributed by atoms with Crippen LogP contribution in [0.25, 0.3) is 0 Å². The Kier molecular flexibility index (Phi) is 5.67. The summed E-state index contributed by atoms with van der Waals surface area (Å²) in [6.07, 6.45) is 8.31. The first-order valence-corrected chi connectivity index (χ1v) is 6.86. The highest BCUT2D eigenvalue weighted by molar-refractivity contribution is 6.46. The van der Waals surface area contributed by atoms with E-state index >= 15 is 0 Å². The molecule has 0 amide bonds. The number of hydrogen-bond acceptors (Lipinski definition) is 2. The summed E-state index contributed by atoms with van der Waals surface area (Å²) in [5, 5.41) is 0. The molecule has 0 aromatic rings. The summed E-state index contributed by atoms with van der Waals surface area (Å²) >= 11 is 0. The van der Waals surface area contributed by atoms with Gasteiger partial charge in [0.2, 0.25) is 0 Å². The standard InChI is InChI=1S/C15H27BO2/c1-12-8-7-11-15(3,4)14(12)10-9-13(2)16(17-5)18-6/h9-10,13H,7-8,11H2,1-6H3/b10-9+. The summed E-state index contributed by atoms with van der Waals surface area (Å²) in [5.41, 5.74) is 3.32. The van der Waals surface area contributed by atoms with Crippen molar-refractivity contribution in [3.63, 3.8) is 0 Å². The molecule has 1 atom stereocenters. The Hall–Kier alpha value is -0.535. The number of rotatable bonds is 5. The predicted octanol–water partition coefficient (Wildman–Crippen LogP) is 4.24. The summed E-state index contributed by atoms with van der Waals surface area (Å²) in [5.74, 6) is 0.262. The molecular formula is C15H27BO2. The van der Waals surface area contributed by atoms with Crippen LogP contribution in [0.4, 0.5) is 0 Å². The molecule has 0 spiro atoms. The molecule has 2 nitrogen and oxygen atoms in total. The Morgan fingerprint density at radius 2 is 1.89 bits per heavy atom. The minimum atomic E-state index is -0.158. The third-order valence-corrected chi connectivity index (χ3v) is 4.00. The van der Waals surface area contributed by atoms with E-state index in [1.807, 2.05) is 0 Å². The van der Waals surface area contributed by atoms with Crippen molar-refractivity contribution in [3.8, 4) is 0 Å². The van der Waals surface area contributed by atoms with Gasteiger partial charge in [0, 0.05) is 20.0 Å². The van der Waals surface area contributed by atoms with Gasteiger partial charge in [-0.2, -0.15) is 0 Å². The first kappa shape index (κ1) is 15.5. The van der Waals surface area contributed by atoms with Gasteiger partial charge >= 0.3 is 7.12 Å². The molecule has 0 aromatic carbocycles. The van der Waals surface area contributed by atoms with Crippen molar-refractivity contribution in [3.05, 3.63) is 23.3 Å². The lowest BCUT2D eigenvalue weighted by Gasteiger charge is -2.33. The van der Waals surface area contributed by atoms with Crippen molar-refractivity contribution in [1.82, 2.24) is 0 Å². The Morgan fingerprint density at radius 1 is 1.28 bits per heavy atom. The fourth-order valence-electron chi connectivity index (χ4n) is 2.87. The van der Waals surface area contributed by atoms with Crippen LogP contribution >= 0.6 is 0 Å². The zero-order valence-corrected chi connectivity index (χ0v) is 12.7. The molecule has 0 saturated carbocycles. The van der Waals surface area contributed by atoms with Crippen LogP contribution in [-0.4, -0.2) is 21.3 Å². The second-order valence-corrected chi connectivity index (χ2v) is 5.99. The predicted molar refractivity (Wildman–Crippen MR) is 78.7 cm³/mol. The third kappa shape index (κ3) is 3.73. The molecule has 0 N–H and O–H groups in total. The first-order chi connectivity index (χ1) is 8.42. The Morgan fingerprint density at radius 3 is 2.39 bits per heavy atom. The van der Waals surface area contributed by atoms with E-state index in [0.29, 0.717) is 5.41 Å². The van der Waals surface area contributed by atoms with Gasteiger partial charge < -0.3 is 9.31 Å². The van der Waals surface area contributed by atoms with Crippen molar-refractivity contribution in [2.24, 2.45) is 5.41 Å². The van der Waals surface area contributed by atoms with Crippen molar-refractivity contribution in [2.75, 3.05) is 14.2 Å². The zero-order valence-electron chi connectivity index (χ0n) is 12.7. The van der Waals surface area contributed by atoms with Gasteiger partial charge in [-0.1, -0.05) is 38.5 Å². The highest BCUT2D eigenvalue weighted by Gasteiger charge is 2.27. The normalized spacial score (nSPS) is 21.4. The van der Waals surface area contributed by atoms with Gasteiger partial charge in [-0.3, -0.25) is 0 Å². The lowest BCUT2D eigenvalue weighted by Crippen LogP contribution is -2.24. The molecule has 3 heteroatoms. The second kappa shape index (κ2) is 6.58. The maximum absolute atomic E-state index is 5.29. The van der Waals surface area contributed by atoms with Crippen LogP contribution < -0.4 is 0 Å². The molecule has 1 aliphatic rings. The summed E-state index contributed by atoms with van der Waals surface area (Å²) in [7, 11) is 3.22. The van der Waals surface area contributed by atoms with Crippen molar-refractivity contribution >= 4 is 7.12 Å². The third-order valence-electron chi connectivity index (χ3n) is 4.00. The fourth-order valence-corrected chi connectivity index (χ4v) is 2.87. The molecular weight excluding hydrogens is 223 g/mol. The summed E-state index contributed by atoms with van der Waals surface area (Å²) in [6.45, 7) is 9.06. The highest BCUT2D eigenvalue weighted by Crippen LogP contribution is 2.41. The molecule has 0 aliphatic heterocycles. The van der Waals surface area contributed by atoms with Crippen molar-refractivity contribution < 1.29 is 9.31 Å². The SMILES string of the molecule is COB(OC)C(C)/C=C/C1=C(C)CCCC1(C)C. The van der Waals surface area contributed by atoms with E-state index in [-0.39, 0.29) is 12.9 Å². The van der Waals surface area contributed by atoms with Crippen molar-refractivity contribution in [1.29, 1.82) is 0 Å². The lowest BCUT2D eigenvalue weighted by atomic mass is 9.70. The van der Waals surface area contributed by atoms with Crippen LogP contribution in [0.1, 0.15) is 47.0 Å². The van der Waals surface area contributed by atoms with E-state index in [1.54, 1.807) is 14.2 Å². The van der Waals surface area contributed by atoms with E-state index in [0.717, 1.165) is 0 Å². The van der Waals surface area contributed by atoms with Crippen LogP contribution in [0, 0.1) is 5.41 Å². The fraction of sp³-hybridized carbons (Fsp3) is 0.733. The smallest absolute Gasteiger partial charge is 0.414 e. The molecule has 1 rings (SSSR count). The maximum atomic E-state index is 5.29. The molecule has 0 aromatic heterocycles. The first-order valence-electron chi connectivity index (χ1n) is 6.86. The largest absolute Gasteiger partial charge is 0.463 e. The molecule has 0 fully saturated rings. The Labute approximate surface area is 113 Å². The van der Waals surface area contributed by atoms with E-state index in [4.69, 9.17) is 9.31 Å². The van der Waals surface area contributed by atoms with E-state index < -0.39 is 0 Å². The Balaban J connectivity index is 2.82. The summed E-state index contributed by atoms with van der Waals surface area (Å²) < 4.78 is 10.6. The Bertz CT molecular complexity index is 327. The molecule has 1 unspecified atom stereocenters. The average molecular weight is 250 g/mol. The molecule has 0 bridgehead atoms. The summed E-state index contributed by atoms with van der Waals surface area (Å²) in [4.78, 5) is 0. The van der Waals surface area contributed by atoms with Gasteiger partial charge in [-0.15, -0.1) is 0 Å². The van der Waals surface area contributed by atoms with Crippen LogP contribution in [0.2, 0.25) is 5.82 Å². The van der Waals surface area contributed by atoms with Gasteiger partial charge in [-0.05, 0) is 37.2 Å². The second-order valence-electron chi connectivity index (χ2n) is 5.99. The topological polar surface area (TPSA) is 18.5 Å². The van der Waals surface area contributed by atoms with E-state index in [1.165, 1.54) is 30.4 Å². The average Bonchev–Trinajstić information content (AvgIpc) is 2.29. The van der Waals surface area contributed by atoms with Gasteiger partial charge in [0.05, 0.1) is 0 Å².